The molecule has 0 aromatic heterocycles. The molecular weight excluding hydrogens is 269 g/mol. The Kier molecular flexibility index (Phi) is 3.98. The van der Waals surface area contributed by atoms with Gasteiger partial charge in [-0.1, -0.05) is 22.9 Å². The van der Waals surface area contributed by atoms with E-state index in [1.807, 2.05) is 6.07 Å². The van der Waals surface area contributed by atoms with Crippen molar-refractivity contribution < 1.29 is 4.39 Å². The summed E-state index contributed by atoms with van der Waals surface area (Å²) in [4.78, 5) is 0. The molecule has 0 saturated heterocycles. The highest BCUT2D eigenvalue weighted by molar-refractivity contribution is 9.10. The van der Waals surface area contributed by atoms with E-state index in [1.54, 1.807) is 12.1 Å². The van der Waals surface area contributed by atoms with Gasteiger partial charge in [-0.25, -0.2) is 4.39 Å². The number of benzene rings is 1. The third-order valence-electron chi connectivity index (χ3n) is 3.11. The number of nitrogens with one attached hydrogen (secondary N) is 1. The Balaban J connectivity index is 1.92. The Labute approximate surface area is 105 Å². The molecule has 0 amide bonds. The second-order valence-corrected chi connectivity index (χ2v) is 5.39. The maximum atomic E-state index is 13.6. The van der Waals surface area contributed by atoms with Gasteiger partial charge in [0.2, 0.25) is 0 Å². The molecule has 1 aromatic rings. The molecule has 1 fully saturated rings. The van der Waals surface area contributed by atoms with Crippen molar-refractivity contribution in [2.75, 3.05) is 13.1 Å². The lowest BCUT2D eigenvalue weighted by Gasteiger charge is -2.04. The maximum absolute atomic E-state index is 13.6. The molecule has 1 nitrogen and oxygen atoms in total. The molecule has 1 aromatic carbocycles. The molecule has 1 N–H and O–H groups in total. The van der Waals surface area contributed by atoms with Gasteiger partial charge >= 0.3 is 0 Å². The second-order valence-electron chi connectivity index (χ2n) is 4.47. The van der Waals surface area contributed by atoms with E-state index >= 15 is 0 Å². The fraction of sp³-hybridized carbons (Fsp3) is 0.538. The molecule has 1 saturated carbocycles. The average molecular weight is 286 g/mol. The molecule has 1 aliphatic rings. The van der Waals surface area contributed by atoms with E-state index in [9.17, 15) is 4.39 Å². The molecule has 3 heteroatoms. The van der Waals surface area contributed by atoms with Crippen LogP contribution in [0, 0.1) is 11.7 Å². The highest BCUT2D eigenvalue weighted by atomic mass is 79.9. The largest absolute Gasteiger partial charge is 0.316 e. The summed E-state index contributed by atoms with van der Waals surface area (Å²) < 4.78 is 14.5. The first-order chi connectivity index (χ1) is 7.72. The minimum absolute atomic E-state index is 0.0637. The summed E-state index contributed by atoms with van der Waals surface area (Å²) in [5.74, 6) is 0.975. The van der Waals surface area contributed by atoms with Gasteiger partial charge in [0, 0.05) is 4.47 Å². The van der Waals surface area contributed by atoms with Crippen molar-refractivity contribution in [1.82, 2.24) is 5.32 Å². The molecule has 2 rings (SSSR count). The predicted molar refractivity (Wildman–Crippen MR) is 68.1 cm³/mol. The second kappa shape index (κ2) is 5.28. The average Bonchev–Trinajstić information content (AvgIpc) is 3.02. The third-order valence-corrected chi connectivity index (χ3v) is 3.61. The van der Waals surface area contributed by atoms with E-state index in [-0.39, 0.29) is 5.82 Å². The van der Waals surface area contributed by atoms with E-state index in [0.717, 1.165) is 36.0 Å². The van der Waals surface area contributed by atoms with Crippen LogP contribution in [-0.4, -0.2) is 13.1 Å². The van der Waals surface area contributed by atoms with Crippen LogP contribution in [0.3, 0.4) is 0 Å². The van der Waals surface area contributed by atoms with Crippen LogP contribution >= 0.6 is 15.9 Å². The minimum atomic E-state index is -0.0637. The van der Waals surface area contributed by atoms with Crippen molar-refractivity contribution in [2.24, 2.45) is 5.92 Å². The van der Waals surface area contributed by atoms with Crippen molar-refractivity contribution in [3.63, 3.8) is 0 Å². The Morgan fingerprint density at radius 3 is 3.06 bits per heavy atom. The number of halogens is 2. The van der Waals surface area contributed by atoms with Crippen molar-refractivity contribution in [3.8, 4) is 0 Å². The normalized spacial score (nSPS) is 23.4. The maximum Gasteiger partial charge on any atom is 0.126 e. The van der Waals surface area contributed by atoms with Crippen LogP contribution < -0.4 is 5.32 Å². The van der Waals surface area contributed by atoms with Gasteiger partial charge in [0.25, 0.3) is 0 Å². The number of hydrogen-bond acceptors (Lipinski definition) is 1. The molecule has 0 spiro atoms. The number of rotatable bonds is 5. The van der Waals surface area contributed by atoms with Crippen molar-refractivity contribution in [2.45, 2.75) is 25.7 Å². The molecule has 0 aliphatic heterocycles. The zero-order valence-electron chi connectivity index (χ0n) is 9.47. The first-order valence-electron chi connectivity index (χ1n) is 5.88. The molecule has 2 unspecified atom stereocenters. The molecule has 0 bridgehead atoms. The summed E-state index contributed by atoms with van der Waals surface area (Å²) in [5, 5.41) is 3.40. The van der Waals surface area contributed by atoms with Crippen molar-refractivity contribution in [3.05, 3.63) is 34.1 Å². The lowest BCUT2D eigenvalue weighted by atomic mass is 10.1. The van der Waals surface area contributed by atoms with Crippen LogP contribution in [0.15, 0.2) is 22.7 Å². The zero-order valence-corrected chi connectivity index (χ0v) is 11.1. The van der Waals surface area contributed by atoms with Gasteiger partial charge in [0.15, 0.2) is 0 Å². The summed E-state index contributed by atoms with van der Waals surface area (Å²) in [6.45, 7) is 4.24. The van der Waals surface area contributed by atoms with Crippen molar-refractivity contribution in [1.29, 1.82) is 0 Å². The van der Waals surface area contributed by atoms with Gasteiger partial charge in [-0.05, 0) is 61.5 Å². The van der Waals surface area contributed by atoms with Gasteiger partial charge in [-0.3, -0.25) is 0 Å². The lowest BCUT2D eigenvalue weighted by Crippen LogP contribution is -2.17. The predicted octanol–water partition coefficient (Wildman–Crippen LogP) is 3.69. The fourth-order valence-corrected chi connectivity index (χ4v) is 2.50. The highest BCUT2D eigenvalue weighted by Gasteiger charge is 2.39. The van der Waals surface area contributed by atoms with Crippen LogP contribution in [0.2, 0.25) is 0 Å². The Morgan fingerprint density at radius 2 is 2.31 bits per heavy atom. The van der Waals surface area contributed by atoms with Crippen LogP contribution in [-0.2, 0) is 0 Å². The quantitative estimate of drug-likeness (QED) is 0.814. The van der Waals surface area contributed by atoms with E-state index in [2.05, 4.69) is 28.2 Å². The van der Waals surface area contributed by atoms with Gasteiger partial charge in [0.05, 0.1) is 0 Å². The molecule has 16 heavy (non-hydrogen) atoms. The summed E-state index contributed by atoms with van der Waals surface area (Å²) in [5.41, 5.74) is 0.873. The van der Waals surface area contributed by atoms with Crippen LogP contribution in [0.25, 0.3) is 0 Å². The standard InChI is InChI=1S/C13H17BrFN/c1-2-5-16-8-9-6-11(9)12-7-10(14)3-4-13(12)15/h3-4,7,9,11,16H,2,5-6,8H2,1H3. The molecule has 0 radical (unpaired) electrons. The van der Waals surface area contributed by atoms with E-state index < -0.39 is 0 Å². The monoisotopic (exact) mass is 285 g/mol. The highest BCUT2D eigenvalue weighted by Crippen LogP contribution is 2.48. The van der Waals surface area contributed by atoms with Crippen LogP contribution in [0.5, 0.6) is 0 Å². The first kappa shape index (κ1) is 12.1. The van der Waals surface area contributed by atoms with E-state index in [1.165, 1.54) is 0 Å². The molecule has 88 valence electrons. The van der Waals surface area contributed by atoms with Crippen LogP contribution in [0.4, 0.5) is 4.39 Å². The molecule has 1 aliphatic carbocycles. The summed E-state index contributed by atoms with van der Waals surface area (Å²) in [7, 11) is 0. The van der Waals surface area contributed by atoms with E-state index in [4.69, 9.17) is 0 Å². The van der Waals surface area contributed by atoms with Crippen molar-refractivity contribution >= 4 is 15.9 Å². The summed E-state index contributed by atoms with van der Waals surface area (Å²) >= 11 is 3.39. The van der Waals surface area contributed by atoms with Gasteiger partial charge < -0.3 is 5.32 Å². The van der Waals surface area contributed by atoms with Gasteiger partial charge in [-0.2, -0.15) is 0 Å². The Hall–Kier alpha value is -0.410. The smallest absolute Gasteiger partial charge is 0.126 e. The minimum Gasteiger partial charge on any atom is -0.316 e. The SMILES string of the molecule is CCCNCC1CC1c1cc(Br)ccc1F. The fourth-order valence-electron chi connectivity index (χ4n) is 2.12. The Bertz CT molecular complexity index is 367. The first-order valence-corrected chi connectivity index (χ1v) is 6.67. The Morgan fingerprint density at radius 1 is 1.50 bits per heavy atom. The van der Waals surface area contributed by atoms with E-state index in [0.29, 0.717) is 11.8 Å². The summed E-state index contributed by atoms with van der Waals surface area (Å²) in [6, 6.07) is 5.22. The number of hydrogen-bond donors (Lipinski definition) is 1. The van der Waals surface area contributed by atoms with Gasteiger partial charge in [0.1, 0.15) is 5.82 Å². The zero-order chi connectivity index (χ0) is 11.5. The summed E-state index contributed by atoms with van der Waals surface area (Å²) in [6.07, 6.45) is 2.27. The molecule has 2 atom stereocenters. The van der Waals surface area contributed by atoms with Gasteiger partial charge in [-0.15, -0.1) is 0 Å². The molecular formula is C13H17BrFN. The van der Waals surface area contributed by atoms with Crippen LogP contribution in [0.1, 0.15) is 31.2 Å². The molecule has 0 heterocycles. The topological polar surface area (TPSA) is 12.0 Å². The lowest BCUT2D eigenvalue weighted by molar-refractivity contribution is 0.590. The third kappa shape index (κ3) is 2.83.